The van der Waals surface area contributed by atoms with Gasteiger partial charge in [0.2, 0.25) is 5.91 Å². The Morgan fingerprint density at radius 1 is 1.00 bits per heavy atom. The zero-order valence-corrected chi connectivity index (χ0v) is 20.7. The van der Waals surface area contributed by atoms with Crippen LogP contribution >= 0.6 is 11.8 Å². The first kappa shape index (κ1) is 22.9. The van der Waals surface area contributed by atoms with Crippen molar-refractivity contribution >= 4 is 23.5 Å². The van der Waals surface area contributed by atoms with Crippen molar-refractivity contribution in [1.82, 2.24) is 19.7 Å². The largest absolute Gasteiger partial charge is 0.497 e. The highest BCUT2D eigenvalue weighted by molar-refractivity contribution is 8.00. The Kier molecular flexibility index (Phi) is 6.17. The zero-order valence-electron chi connectivity index (χ0n) is 19.9. The number of thioether (sulfide) groups is 1. The summed E-state index contributed by atoms with van der Waals surface area (Å²) < 4.78 is 12.8. The Labute approximate surface area is 207 Å². The van der Waals surface area contributed by atoms with Gasteiger partial charge in [-0.25, -0.2) is 9.97 Å². The summed E-state index contributed by atoms with van der Waals surface area (Å²) in [6.45, 7) is 3.83. The highest BCUT2D eigenvalue weighted by Gasteiger charge is 2.34. The topological polar surface area (TPSA) is 91.2 Å². The Morgan fingerprint density at radius 3 is 2.43 bits per heavy atom. The molecule has 0 fully saturated rings. The fourth-order valence-electron chi connectivity index (χ4n) is 4.25. The van der Waals surface area contributed by atoms with Crippen LogP contribution in [0.25, 0.3) is 17.2 Å². The van der Waals surface area contributed by atoms with E-state index in [0.29, 0.717) is 23.3 Å². The minimum atomic E-state index is -0.236. The van der Waals surface area contributed by atoms with Crippen LogP contribution in [-0.2, 0) is 4.79 Å². The second-order valence-corrected chi connectivity index (χ2v) is 9.28. The SMILES string of the molecule is COc1ccc([C@@H]2SCC(=O)Nc3c2c(-c2ccccc2)nn3-c2nc(C)cc(C)n2)c(OC)c1. The lowest BCUT2D eigenvalue weighted by molar-refractivity contribution is -0.113. The first-order valence-electron chi connectivity index (χ1n) is 11.1. The average Bonchev–Trinajstić information content (AvgIpc) is 3.14. The van der Waals surface area contributed by atoms with E-state index in [4.69, 9.17) is 14.6 Å². The molecule has 0 radical (unpaired) electrons. The van der Waals surface area contributed by atoms with Crippen LogP contribution in [0.3, 0.4) is 0 Å². The monoisotopic (exact) mass is 487 g/mol. The minimum absolute atomic E-state index is 0.114. The van der Waals surface area contributed by atoms with Gasteiger partial charge < -0.3 is 14.8 Å². The molecule has 2 aromatic heterocycles. The maximum atomic E-state index is 12.9. The summed E-state index contributed by atoms with van der Waals surface area (Å²) in [4.78, 5) is 22.1. The van der Waals surface area contributed by atoms with Crippen LogP contribution in [0.15, 0.2) is 54.6 Å². The number of carbonyl (C=O) groups is 1. The summed E-state index contributed by atoms with van der Waals surface area (Å²) in [5.74, 6) is 2.51. The molecular formula is C26H25N5O3S. The third-order valence-electron chi connectivity index (χ3n) is 5.75. The van der Waals surface area contributed by atoms with Gasteiger partial charge in [0.1, 0.15) is 17.3 Å². The highest BCUT2D eigenvalue weighted by Crippen LogP contribution is 2.49. The molecule has 0 spiro atoms. The van der Waals surface area contributed by atoms with Crippen LogP contribution in [-0.4, -0.2) is 45.6 Å². The molecule has 0 unspecified atom stereocenters. The van der Waals surface area contributed by atoms with Gasteiger partial charge in [-0.2, -0.15) is 9.78 Å². The van der Waals surface area contributed by atoms with Crippen LogP contribution in [0.1, 0.15) is 27.8 Å². The van der Waals surface area contributed by atoms with Crippen molar-refractivity contribution in [2.75, 3.05) is 25.3 Å². The van der Waals surface area contributed by atoms with Crippen molar-refractivity contribution in [3.05, 3.63) is 77.1 Å². The van der Waals surface area contributed by atoms with E-state index < -0.39 is 0 Å². The number of aryl methyl sites for hydroxylation is 2. The number of hydrogen-bond donors (Lipinski definition) is 1. The Bertz CT molecular complexity index is 1380. The van der Waals surface area contributed by atoms with Crippen LogP contribution in [0.5, 0.6) is 11.5 Å². The van der Waals surface area contributed by atoms with E-state index in [1.54, 1.807) is 18.9 Å². The molecule has 0 saturated carbocycles. The number of amides is 1. The second kappa shape index (κ2) is 9.42. The molecule has 1 aliphatic heterocycles. The lowest BCUT2D eigenvalue weighted by atomic mass is 9.99. The van der Waals surface area contributed by atoms with Gasteiger partial charge in [-0.15, -0.1) is 11.8 Å². The van der Waals surface area contributed by atoms with Crippen LogP contribution < -0.4 is 14.8 Å². The number of hydrogen-bond acceptors (Lipinski definition) is 7. The summed E-state index contributed by atoms with van der Waals surface area (Å²) in [6, 6.07) is 17.6. The van der Waals surface area contributed by atoms with Crippen molar-refractivity contribution in [3.63, 3.8) is 0 Å². The number of methoxy groups -OCH3 is 2. The average molecular weight is 488 g/mol. The molecule has 5 rings (SSSR count). The summed E-state index contributed by atoms with van der Waals surface area (Å²) in [5.41, 5.74) is 5.12. The molecular weight excluding hydrogens is 462 g/mol. The number of carbonyl (C=O) groups excluding carboxylic acids is 1. The summed E-state index contributed by atoms with van der Waals surface area (Å²) in [5, 5.41) is 7.79. The minimum Gasteiger partial charge on any atom is -0.497 e. The van der Waals surface area contributed by atoms with E-state index >= 15 is 0 Å². The van der Waals surface area contributed by atoms with Gasteiger partial charge in [0.25, 0.3) is 5.95 Å². The molecule has 0 bridgehead atoms. The number of anilines is 1. The van der Waals surface area contributed by atoms with Gasteiger partial charge in [0, 0.05) is 34.1 Å². The standard InChI is InChI=1S/C26H25N5O3S/c1-15-12-16(2)28-26(27-15)31-25-22(23(30-31)17-8-6-5-7-9-17)24(35-14-21(32)29-25)19-11-10-18(33-3)13-20(19)34-4/h5-13,24H,14H2,1-4H3,(H,29,32)/t24-/m0/s1. The number of nitrogens with one attached hydrogen (secondary N) is 1. The van der Waals surface area contributed by atoms with Gasteiger partial charge in [-0.3, -0.25) is 4.79 Å². The Morgan fingerprint density at radius 2 is 1.74 bits per heavy atom. The molecule has 1 amide bonds. The van der Waals surface area contributed by atoms with Crippen molar-refractivity contribution in [1.29, 1.82) is 0 Å². The number of ether oxygens (including phenoxy) is 2. The van der Waals surface area contributed by atoms with Crippen molar-refractivity contribution in [3.8, 4) is 28.7 Å². The van der Waals surface area contributed by atoms with Gasteiger partial charge in [0.05, 0.1) is 30.9 Å². The lowest BCUT2D eigenvalue weighted by Gasteiger charge is -2.19. The van der Waals surface area contributed by atoms with E-state index in [1.165, 1.54) is 11.8 Å². The summed E-state index contributed by atoms with van der Waals surface area (Å²) >= 11 is 1.53. The molecule has 9 heteroatoms. The quantitative estimate of drug-likeness (QED) is 0.435. The fourth-order valence-corrected chi connectivity index (χ4v) is 5.40. The van der Waals surface area contributed by atoms with Crippen molar-refractivity contribution < 1.29 is 14.3 Å². The Hall–Kier alpha value is -3.85. The van der Waals surface area contributed by atoms with E-state index in [2.05, 4.69) is 15.3 Å². The molecule has 3 heterocycles. The smallest absolute Gasteiger partial charge is 0.252 e. The van der Waals surface area contributed by atoms with E-state index in [0.717, 1.165) is 33.8 Å². The second-order valence-electron chi connectivity index (χ2n) is 8.19. The predicted octanol–water partition coefficient (Wildman–Crippen LogP) is 4.74. The Balaban J connectivity index is 1.80. The fraction of sp³-hybridized carbons (Fsp3) is 0.231. The number of nitrogens with zero attached hydrogens (tertiary/aromatic N) is 4. The maximum Gasteiger partial charge on any atom is 0.252 e. The summed E-state index contributed by atoms with van der Waals surface area (Å²) in [7, 11) is 3.26. The van der Waals surface area contributed by atoms with E-state index in [-0.39, 0.29) is 16.9 Å². The van der Waals surface area contributed by atoms with Crippen LogP contribution in [0, 0.1) is 13.8 Å². The van der Waals surface area contributed by atoms with Gasteiger partial charge in [-0.1, -0.05) is 36.4 Å². The molecule has 178 valence electrons. The highest BCUT2D eigenvalue weighted by atomic mass is 32.2. The predicted molar refractivity (Wildman–Crippen MR) is 137 cm³/mol. The van der Waals surface area contributed by atoms with Crippen molar-refractivity contribution in [2.45, 2.75) is 19.1 Å². The molecule has 1 aliphatic rings. The maximum absolute atomic E-state index is 12.9. The molecule has 35 heavy (non-hydrogen) atoms. The third kappa shape index (κ3) is 4.35. The third-order valence-corrected chi connectivity index (χ3v) is 7.01. The van der Waals surface area contributed by atoms with E-state index in [1.807, 2.05) is 68.4 Å². The van der Waals surface area contributed by atoms with E-state index in [9.17, 15) is 4.79 Å². The zero-order chi connectivity index (χ0) is 24.5. The van der Waals surface area contributed by atoms with Gasteiger partial charge >= 0.3 is 0 Å². The first-order chi connectivity index (χ1) is 17.0. The van der Waals surface area contributed by atoms with Crippen LogP contribution in [0.2, 0.25) is 0 Å². The molecule has 1 N–H and O–H groups in total. The van der Waals surface area contributed by atoms with Gasteiger partial charge in [-0.05, 0) is 26.0 Å². The van der Waals surface area contributed by atoms with Crippen molar-refractivity contribution in [2.24, 2.45) is 0 Å². The number of rotatable bonds is 5. The molecule has 8 nitrogen and oxygen atoms in total. The number of aromatic nitrogens is 4. The van der Waals surface area contributed by atoms with Crippen LogP contribution in [0.4, 0.5) is 5.82 Å². The summed E-state index contributed by atoms with van der Waals surface area (Å²) in [6.07, 6.45) is 0. The number of benzene rings is 2. The van der Waals surface area contributed by atoms with Gasteiger partial charge in [0.15, 0.2) is 0 Å². The molecule has 2 aromatic carbocycles. The molecule has 0 aliphatic carbocycles. The molecule has 0 saturated heterocycles. The first-order valence-corrected chi connectivity index (χ1v) is 12.2. The molecule has 1 atom stereocenters. The normalized spacial score (nSPS) is 15.2. The molecule has 4 aromatic rings. The number of fused-ring (bicyclic) bond motifs is 1. The lowest BCUT2D eigenvalue weighted by Crippen LogP contribution is -2.17.